The van der Waals surface area contributed by atoms with Gasteiger partial charge in [0.15, 0.2) is 5.13 Å². The number of rotatable bonds is 6. The average Bonchev–Trinajstić information content (AvgIpc) is 3.01. The monoisotopic (exact) mass is 280 g/mol. The lowest BCUT2D eigenvalue weighted by atomic mass is 10.2. The number of thiazole rings is 1. The molecule has 4 nitrogen and oxygen atoms in total. The maximum Gasteiger partial charge on any atom is 0.305 e. The number of hydrogen-bond acceptors (Lipinski definition) is 4. The Hall–Kier alpha value is -1.36. The van der Waals surface area contributed by atoms with Gasteiger partial charge in [-0.25, -0.2) is 4.98 Å². The molecule has 1 aliphatic carbocycles. The van der Waals surface area contributed by atoms with Crippen LogP contribution in [-0.2, 0) is 4.79 Å². The van der Waals surface area contributed by atoms with Crippen LogP contribution in [0.15, 0.2) is 11.5 Å². The lowest BCUT2D eigenvalue weighted by Gasteiger charge is -2.27. The number of hydrogen-bond donors (Lipinski definition) is 1. The van der Waals surface area contributed by atoms with Crippen LogP contribution in [0.25, 0.3) is 6.08 Å². The molecule has 0 amide bonds. The van der Waals surface area contributed by atoms with Crippen molar-refractivity contribution >= 4 is 28.5 Å². The third-order valence-electron chi connectivity index (χ3n) is 3.42. The van der Waals surface area contributed by atoms with Crippen LogP contribution in [0.2, 0.25) is 0 Å². The number of anilines is 1. The molecule has 0 atom stereocenters. The van der Waals surface area contributed by atoms with E-state index < -0.39 is 5.97 Å². The second-order valence-corrected chi connectivity index (χ2v) is 5.67. The minimum atomic E-state index is -0.742. The van der Waals surface area contributed by atoms with E-state index in [2.05, 4.69) is 9.88 Å². The highest BCUT2D eigenvalue weighted by molar-refractivity contribution is 7.13. The fourth-order valence-corrected chi connectivity index (χ4v) is 3.41. The Balaban J connectivity index is 2.12. The van der Waals surface area contributed by atoms with Gasteiger partial charge in [-0.2, -0.15) is 0 Å². The van der Waals surface area contributed by atoms with Crippen LogP contribution in [-0.4, -0.2) is 28.6 Å². The van der Waals surface area contributed by atoms with E-state index in [9.17, 15) is 4.79 Å². The largest absolute Gasteiger partial charge is 0.481 e. The number of aromatic nitrogens is 1. The summed E-state index contributed by atoms with van der Waals surface area (Å²) in [6.07, 6.45) is 8.90. The molecule has 1 aliphatic rings. The van der Waals surface area contributed by atoms with E-state index in [1.54, 1.807) is 11.3 Å². The van der Waals surface area contributed by atoms with Gasteiger partial charge in [-0.3, -0.25) is 4.79 Å². The Kier molecular flexibility index (Phi) is 4.96. The predicted octanol–water partition coefficient (Wildman–Crippen LogP) is 3.40. The van der Waals surface area contributed by atoms with E-state index in [1.165, 1.54) is 12.8 Å². The van der Waals surface area contributed by atoms with E-state index in [-0.39, 0.29) is 6.42 Å². The molecule has 0 bridgehead atoms. The number of aliphatic carboxylic acids is 1. The van der Waals surface area contributed by atoms with Gasteiger partial charge < -0.3 is 10.0 Å². The highest BCUT2D eigenvalue weighted by atomic mass is 32.1. The molecule has 1 N–H and O–H groups in total. The number of carboxylic acid groups (broad SMARTS) is 1. The molecule has 0 unspecified atom stereocenters. The molecule has 0 radical (unpaired) electrons. The molecule has 1 heterocycles. The van der Waals surface area contributed by atoms with Crippen molar-refractivity contribution < 1.29 is 9.90 Å². The van der Waals surface area contributed by atoms with Crippen LogP contribution in [0.3, 0.4) is 0 Å². The molecule has 1 saturated carbocycles. The van der Waals surface area contributed by atoms with Crippen molar-refractivity contribution in [2.45, 2.75) is 45.1 Å². The molecule has 1 aromatic heterocycles. The van der Waals surface area contributed by atoms with Gasteiger partial charge in [0.05, 0.1) is 12.1 Å². The SMILES string of the molecule is C/C=C/c1csc(N(CCC(=O)O)C2CCCC2)n1. The van der Waals surface area contributed by atoms with Crippen molar-refractivity contribution in [2.24, 2.45) is 0 Å². The maximum atomic E-state index is 10.8. The van der Waals surface area contributed by atoms with Gasteiger partial charge in [0.1, 0.15) is 0 Å². The van der Waals surface area contributed by atoms with E-state index in [4.69, 9.17) is 5.11 Å². The van der Waals surface area contributed by atoms with Gasteiger partial charge >= 0.3 is 5.97 Å². The molecule has 5 heteroatoms. The standard InChI is InChI=1S/C14H20N2O2S/c1-2-5-11-10-19-14(15-11)16(9-8-13(17)18)12-6-3-4-7-12/h2,5,10,12H,3-4,6-9H2,1H3,(H,17,18)/b5-2+. The summed E-state index contributed by atoms with van der Waals surface area (Å²) in [5.74, 6) is -0.742. The van der Waals surface area contributed by atoms with Crippen LogP contribution >= 0.6 is 11.3 Å². The van der Waals surface area contributed by atoms with Gasteiger partial charge in [0.25, 0.3) is 0 Å². The molecule has 0 aliphatic heterocycles. The topological polar surface area (TPSA) is 53.4 Å². The van der Waals surface area contributed by atoms with Gasteiger partial charge in [-0.15, -0.1) is 11.3 Å². The second kappa shape index (κ2) is 6.70. The van der Waals surface area contributed by atoms with Crippen LogP contribution in [0.4, 0.5) is 5.13 Å². The molecule has 1 aromatic rings. The van der Waals surface area contributed by atoms with E-state index in [0.717, 1.165) is 23.7 Å². The molecule has 2 rings (SSSR count). The average molecular weight is 280 g/mol. The molecule has 19 heavy (non-hydrogen) atoms. The predicted molar refractivity (Wildman–Crippen MR) is 78.7 cm³/mol. The number of carbonyl (C=O) groups is 1. The summed E-state index contributed by atoms with van der Waals surface area (Å²) >= 11 is 1.61. The zero-order valence-electron chi connectivity index (χ0n) is 11.2. The van der Waals surface area contributed by atoms with Crippen molar-refractivity contribution in [3.05, 3.63) is 17.2 Å². The Morgan fingerprint density at radius 1 is 1.58 bits per heavy atom. The van der Waals surface area contributed by atoms with Crippen molar-refractivity contribution in [1.29, 1.82) is 0 Å². The van der Waals surface area contributed by atoms with Crippen molar-refractivity contribution in [1.82, 2.24) is 4.98 Å². The van der Waals surface area contributed by atoms with Crippen LogP contribution < -0.4 is 4.90 Å². The molecule has 1 fully saturated rings. The zero-order valence-corrected chi connectivity index (χ0v) is 12.0. The minimum Gasteiger partial charge on any atom is -0.481 e. The first-order chi connectivity index (χ1) is 9.20. The number of nitrogens with zero attached hydrogens (tertiary/aromatic N) is 2. The van der Waals surface area contributed by atoms with Gasteiger partial charge in [-0.1, -0.05) is 18.9 Å². The molecule has 0 spiro atoms. The highest BCUT2D eigenvalue weighted by Crippen LogP contribution is 2.30. The smallest absolute Gasteiger partial charge is 0.305 e. The molecular weight excluding hydrogens is 260 g/mol. The number of carboxylic acids is 1. The van der Waals surface area contributed by atoms with Crippen molar-refractivity contribution in [3.63, 3.8) is 0 Å². The summed E-state index contributed by atoms with van der Waals surface area (Å²) in [5, 5.41) is 11.9. The van der Waals surface area contributed by atoms with Gasteiger partial charge in [-0.05, 0) is 25.8 Å². The quantitative estimate of drug-likeness (QED) is 0.867. The summed E-state index contributed by atoms with van der Waals surface area (Å²) in [4.78, 5) is 17.6. The normalized spacial score (nSPS) is 16.3. The highest BCUT2D eigenvalue weighted by Gasteiger charge is 2.25. The van der Waals surface area contributed by atoms with Crippen LogP contribution in [0.1, 0.15) is 44.7 Å². The Morgan fingerprint density at radius 3 is 2.95 bits per heavy atom. The summed E-state index contributed by atoms with van der Waals surface area (Å²) in [7, 11) is 0. The first kappa shape index (κ1) is 14.1. The van der Waals surface area contributed by atoms with Gasteiger partial charge in [0, 0.05) is 18.0 Å². The maximum absolute atomic E-state index is 10.8. The van der Waals surface area contributed by atoms with Crippen molar-refractivity contribution in [2.75, 3.05) is 11.4 Å². The van der Waals surface area contributed by atoms with E-state index in [1.807, 2.05) is 24.5 Å². The van der Waals surface area contributed by atoms with Crippen LogP contribution in [0.5, 0.6) is 0 Å². The Morgan fingerprint density at radius 2 is 2.32 bits per heavy atom. The van der Waals surface area contributed by atoms with Gasteiger partial charge in [0.2, 0.25) is 0 Å². The molecule has 0 saturated heterocycles. The summed E-state index contributed by atoms with van der Waals surface area (Å²) in [6.45, 7) is 2.53. The third kappa shape index (κ3) is 3.80. The lowest BCUT2D eigenvalue weighted by molar-refractivity contribution is -0.136. The molecule has 104 valence electrons. The first-order valence-electron chi connectivity index (χ1n) is 6.77. The zero-order chi connectivity index (χ0) is 13.7. The fraction of sp³-hybridized carbons (Fsp3) is 0.571. The Labute approximate surface area is 117 Å². The summed E-state index contributed by atoms with van der Waals surface area (Å²) in [5.41, 5.74) is 0.959. The van der Waals surface area contributed by atoms with E-state index >= 15 is 0 Å². The summed E-state index contributed by atoms with van der Waals surface area (Å²) < 4.78 is 0. The van der Waals surface area contributed by atoms with Crippen molar-refractivity contribution in [3.8, 4) is 0 Å². The third-order valence-corrected chi connectivity index (χ3v) is 4.32. The number of allylic oxidation sites excluding steroid dienone is 1. The Bertz CT molecular complexity index is 450. The first-order valence-corrected chi connectivity index (χ1v) is 7.65. The second-order valence-electron chi connectivity index (χ2n) is 4.83. The van der Waals surface area contributed by atoms with Crippen LogP contribution in [0, 0.1) is 0 Å². The molecule has 0 aromatic carbocycles. The minimum absolute atomic E-state index is 0.176. The van der Waals surface area contributed by atoms with E-state index in [0.29, 0.717) is 12.6 Å². The summed E-state index contributed by atoms with van der Waals surface area (Å²) in [6, 6.07) is 0.462. The lowest BCUT2D eigenvalue weighted by Crippen LogP contribution is -2.35. The fourth-order valence-electron chi connectivity index (χ4n) is 2.52. The molecular formula is C14H20N2O2S.